The fraction of sp³-hybridized carbons (Fsp3) is 0.136. The number of hydrogen-bond acceptors (Lipinski definition) is 2. The smallest absolute Gasteiger partial charge is 0.255 e. The number of aryl methyl sites for hydroxylation is 2. The zero-order chi connectivity index (χ0) is 18.5. The summed E-state index contributed by atoms with van der Waals surface area (Å²) in [4.78, 5) is 12.6. The van der Waals surface area contributed by atoms with E-state index in [1.807, 2.05) is 62.4 Å². The molecule has 0 heterocycles. The molecule has 3 rings (SSSR count). The standard InChI is InChI=1S/C22H20INO2/c1-15-12-21(16(2)11-20(15)23)24-22(25)18-9-6-10-19(13-18)26-14-17-7-4-3-5-8-17/h3-13H,14H2,1-2H3,(H,24,25). The van der Waals surface area contributed by atoms with Crippen molar-refractivity contribution in [3.05, 3.63) is 92.6 Å². The van der Waals surface area contributed by atoms with Crippen LogP contribution in [0, 0.1) is 17.4 Å². The molecule has 26 heavy (non-hydrogen) atoms. The molecule has 0 aliphatic carbocycles. The summed E-state index contributed by atoms with van der Waals surface area (Å²) in [6.07, 6.45) is 0. The van der Waals surface area contributed by atoms with Gasteiger partial charge in [-0.2, -0.15) is 0 Å². The molecule has 0 aliphatic rings. The maximum absolute atomic E-state index is 12.6. The van der Waals surface area contributed by atoms with Gasteiger partial charge in [0, 0.05) is 14.8 Å². The molecule has 0 bridgehead atoms. The molecule has 132 valence electrons. The van der Waals surface area contributed by atoms with Crippen molar-refractivity contribution in [3.63, 3.8) is 0 Å². The van der Waals surface area contributed by atoms with Gasteiger partial charge in [0.05, 0.1) is 0 Å². The van der Waals surface area contributed by atoms with Crippen molar-refractivity contribution < 1.29 is 9.53 Å². The van der Waals surface area contributed by atoms with Crippen LogP contribution in [0.15, 0.2) is 66.7 Å². The van der Waals surface area contributed by atoms with Crippen LogP contribution in [-0.4, -0.2) is 5.91 Å². The molecule has 0 aromatic heterocycles. The molecule has 0 aliphatic heterocycles. The van der Waals surface area contributed by atoms with E-state index in [4.69, 9.17) is 4.74 Å². The third kappa shape index (κ3) is 4.64. The monoisotopic (exact) mass is 457 g/mol. The molecule has 0 atom stereocenters. The van der Waals surface area contributed by atoms with Crippen LogP contribution in [0.25, 0.3) is 0 Å². The maximum atomic E-state index is 12.6. The molecule has 0 spiro atoms. The second-order valence-corrected chi connectivity index (χ2v) is 7.33. The highest BCUT2D eigenvalue weighted by atomic mass is 127. The number of nitrogens with one attached hydrogen (secondary N) is 1. The summed E-state index contributed by atoms with van der Waals surface area (Å²) in [5, 5.41) is 3.00. The first-order chi connectivity index (χ1) is 12.5. The third-order valence-electron chi connectivity index (χ3n) is 4.10. The van der Waals surface area contributed by atoms with E-state index in [1.165, 1.54) is 3.57 Å². The predicted octanol–water partition coefficient (Wildman–Crippen LogP) is 5.74. The minimum absolute atomic E-state index is 0.140. The Morgan fingerprint density at radius 3 is 2.50 bits per heavy atom. The number of benzene rings is 3. The quantitative estimate of drug-likeness (QED) is 0.497. The molecule has 0 radical (unpaired) electrons. The Balaban J connectivity index is 1.71. The van der Waals surface area contributed by atoms with Gasteiger partial charge >= 0.3 is 0 Å². The normalized spacial score (nSPS) is 10.4. The van der Waals surface area contributed by atoms with E-state index in [1.54, 1.807) is 12.1 Å². The van der Waals surface area contributed by atoms with Crippen LogP contribution >= 0.6 is 22.6 Å². The first kappa shape index (κ1) is 18.5. The number of hydrogen-bond donors (Lipinski definition) is 1. The van der Waals surface area contributed by atoms with E-state index in [2.05, 4.69) is 34.0 Å². The summed E-state index contributed by atoms with van der Waals surface area (Å²) in [6, 6.07) is 21.3. The van der Waals surface area contributed by atoms with Crippen molar-refractivity contribution in [2.24, 2.45) is 0 Å². The Morgan fingerprint density at radius 2 is 1.73 bits per heavy atom. The Kier molecular flexibility index (Phi) is 5.93. The molecule has 0 saturated carbocycles. The summed E-state index contributed by atoms with van der Waals surface area (Å²) >= 11 is 2.30. The van der Waals surface area contributed by atoms with Crippen molar-refractivity contribution in [1.29, 1.82) is 0 Å². The molecule has 0 unspecified atom stereocenters. The van der Waals surface area contributed by atoms with Gasteiger partial charge in [0.15, 0.2) is 0 Å². The van der Waals surface area contributed by atoms with E-state index in [-0.39, 0.29) is 5.91 Å². The van der Waals surface area contributed by atoms with Crippen LogP contribution in [0.4, 0.5) is 5.69 Å². The molecule has 0 saturated heterocycles. The van der Waals surface area contributed by atoms with Crippen molar-refractivity contribution >= 4 is 34.2 Å². The molecule has 3 nitrogen and oxygen atoms in total. The van der Waals surface area contributed by atoms with Gasteiger partial charge in [0.1, 0.15) is 12.4 Å². The van der Waals surface area contributed by atoms with Gasteiger partial charge in [-0.25, -0.2) is 0 Å². The average molecular weight is 457 g/mol. The SMILES string of the molecule is Cc1cc(NC(=O)c2cccc(OCc3ccccc3)c2)c(C)cc1I. The predicted molar refractivity (Wildman–Crippen MR) is 114 cm³/mol. The van der Waals surface area contributed by atoms with Gasteiger partial charge in [0.2, 0.25) is 0 Å². The fourth-order valence-electron chi connectivity index (χ4n) is 2.58. The van der Waals surface area contributed by atoms with Crippen molar-refractivity contribution in [2.45, 2.75) is 20.5 Å². The summed E-state index contributed by atoms with van der Waals surface area (Å²) < 4.78 is 7.00. The second-order valence-electron chi connectivity index (χ2n) is 6.17. The van der Waals surface area contributed by atoms with E-state index in [0.29, 0.717) is 17.9 Å². The Hall–Kier alpha value is -2.34. The van der Waals surface area contributed by atoms with Gasteiger partial charge in [-0.05, 0) is 83.5 Å². The summed E-state index contributed by atoms with van der Waals surface area (Å²) in [5.74, 6) is 0.538. The molecule has 4 heteroatoms. The van der Waals surface area contributed by atoms with Gasteiger partial charge in [-0.1, -0.05) is 36.4 Å². The minimum atomic E-state index is -0.140. The lowest BCUT2D eigenvalue weighted by Gasteiger charge is -2.12. The first-order valence-corrected chi connectivity index (χ1v) is 9.45. The van der Waals surface area contributed by atoms with Crippen LogP contribution in [0.1, 0.15) is 27.0 Å². The van der Waals surface area contributed by atoms with Crippen LogP contribution in [0.2, 0.25) is 0 Å². The van der Waals surface area contributed by atoms with E-state index >= 15 is 0 Å². The maximum Gasteiger partial charge on any atom is 0.255 e. The molecule has 3 aromatic carbocycles. The lowest BCUT2D eigenvalue weighted by atomic mass is 10.1. The largest absolute Gasteiger partial charge is 0.489 e. The zero-order valence-corrected chi connectivity index (χ0v) is 16.9. The molecule has 0 fully saturated rings. The lowest BCUT2D eigenvalue weighted by molar-refractivity contribution is 0.102. The molecular weight excluding hydrogens is 437 g/mol. The highest BCUT2D eigenvalue weighted by Gasteiger charge is 2.10. The van der Waals surface area contributed by atoms with Crippen LogP contribution in [0.3, 0.4) is 0 Å². The number of carbonyl (C=O) groups is 1. The minimum Gasteiger partial charge on any atom is -0.489 e. The number of rotatable bonds is 5. The van der Waals surface area contributed by atoms with E-state index in [9.17, 15) is 4.79 Å². The number of carbonyl (C=O) groups excluding carboxylic acids is 1. The third-order valence-corrected chi connectivity index (χ3v) is 5.26. The summed E-state index contributed by atoms with van der Waals surface area (Å²) in [7, 11) is 0. The van der Waals surface area contributed by atoms with Crippen molar-refractivity contribution in [1.82, 2.24) is 0 Å². The molecular formula is C22H20INO2. The molecule has 1 N–H and O–H groups in total. The van der Waals surface area contributed by atoms with Crippen molar-refractivity contribution in [3.8, 4) is 5.75 Å². The highest BCUT2D eigenvalue weighted by molar-refractivity contribution is 14.1. The summed E-state index contributed by atoms with van der Waals surface area (Å²) in [5.41, 5.74) is 4.69. The topological polar surface area (TPSA) is 38.3 Å². The van der Waals surface area contributed by atoms with Gasteiger partial charge in [-0.15, -0.1) is 0 Å². The molecule has 3 aromatic rings. The van der Waals surface area contributed by atoms with E-state index in [0.717, 1.165) is 22.4 Å². The van der Waals surface area contributed by atoms with Gasteiger partial charge in [0.25, 0.3) is 5.91 Å². The summed E-state index contributed by atoms with van der Waals surface area (Å²) in [6.45, 7) is 4.51. The molecule has 1 amide bonds. The lowest BCUT2D eigenvalue weighted by Crippen LogP contribution is -2.13. The second kappa shape index (κ2) is 8.36. The number of anilines is 1. The van der Waals surface area contributed by atoms with Crippen LogP contribution in [-0.2, 0) is 6.61 Å². The zero-order valence-electron chi connectivity index (χ0n) is 14.8. The Morgan fingerprint density at radius 1 is 0.962 bits per heavy atom. The van der Waals surface area contributed by atoms with Crippen LogP contribution < -0.4 is 10.1 Å². The van der Waals surface area contributed by atoms with Gasteiger partial charge < -0.3 is 10.1 Å². The van der Waals surface area contributed by atoms with Gasteiger partial charge in [-0.3, -0.25) is 4.79 Å². The Bertz CT molecular complexity index is 923. The number of amides is 1. The van der Waals surface area contributed by atoms with Crippen LogP contribution in [0.5, 0.6) is 5.75 Å². The first-order valence-electron chi connectivity index (χ1n) is 8.38. The average Bonchev–Trinajstić information content (AvgIpc) is 2.65. The number of ether oxygens (including phenoxy) is 1. The van der Waals surface area contributed by atoms with Crippen molar-refractivity contribution in [2.75, 3.05) is 5.32 Å². The highest BCUT2D eigenvalue weighted by Crippen LogP contribution is 2.23. The Labute approximate surface area is 167 Å². The number of halogens is 1. The fourth-order valence-corrected chi connectivity index (χ4v) is 3.20. The van der Waals surface area contributed by atoms with E-state index < -0.39 is 0 Å².